The molecule has 0 fully saturated rings. The lowest BCUT2D eigenvalue weighted by atomic mass is 9.88. The summed E-state index contributed by atoms with van der Waals surface area (Å²) in [4.78, 5) is 32.1. The number of carbonyl (C=O) groups is 2. The van der Waals surface area contributed by atoms with Gasteiger partial charge >= 0.3 is 0 Å². The molecule has 0 spiro atoms. The number of fused-ring (bicyclic) bond motifs is 2. The maximum absolute atomic E-state index is 12.4. The first-order valence-electron chi connectivity index (χ1n) is 8.71. The van der Waals surface area contributed by atoms with Crippen LogP contribution >= 0.6 is 11.3 Å². The topological polar surface area (TPSA) is 112 Å². The van der Waals surface area contributed by atoms with Gasteiger partial charge in [0.05, 0.1) is 5.56 Å². The number of nitrogens with one attached hydrogen (secondary N) is 1. The van der Waals surface area contributed by atoms with Crippen molar-refractivity contribution in [2.24, 2.45) is 11.7 Å². The van der Waals surface area contributed by atoms with E-state index in [0.717, 1.165) is 29.7 Å². The van der Waals surface area contributed by atoms with Gasteiger partial charge in [-0.25, -0.2) is 0 Å². The smallest absolute Gasteiger partial charge is 0.265 e. The number of para-hydroxylation sites is 1. The SMILES string of the molecule is C[C@@H]1CCc2c(sc(NC(=O)COn3nnc4ccccc43)c2C(N)=O)C1. The molecule has 140 valence electrons. The Kier molecular flexibility index (Phi) is 4.53. The molecular weight excluding hydrogens is 366 g/mol. The van der Waals surface area contributed by atoms with E-state index >= 15 is 0 Å². The Morgan fingerprint density at radius 2 is 2.22 bits per heavy atom. The summed E-state index contributed by atoms with van der Waals surface area (Å²) in [6, 6.07) is 7.28. The van der Waals surface area contributed by atoms with Crippen LogP contribution in [0.2, 0.25) is 0 Å². The third-order valence-electron chi connectivity index (χ3n) is 4.65. The molecule has 8 nitrogen and oxygen atoms in total. The average Bonchev–Trinajstić information content (AvgIpc) is 3.20. The number of benzene rings is 1. The third kappa shape index (κ3) is 3.37. The summed E-state index contributed by atoms with van der Waals surface area (Å²) in [6.07, 6.45) is 2.72. The molecule has 2 aromatic heterocycles. The van der Waals surface area contributed by atoms with E-state index in [2.05, 4.69) is 22.6 Å². The van der Waals surface area contributed by atoms with Crippen LogP contribution in [0, 0.1) is 5.92 Å². The number of nitrogens with zero attached hydrogens (tertiary/aromatic N) is 3. The van der Waals surface area contributed by atoms with Crippen molar-refractivity contribution in [2.75, 3.05) is 11.9 Å². The van der Waals surface area contributed by atoms with Gasteiger partial charge in [-0.2, -0.15) is 0 Å². The largest absolute Gasteiger partial charge is 0.385 e. The lowest BCUT2D eigenvalue weighted by Gasteiger charge is -2.18. The molecule has 1 aliphatic carbocycles. The van der Waals surface area contributed by atoms with Gasteiger partial charge in [0.15, 0.2) is 6.61 Å². The summed E-state index contributed by atoms with van der Waals surface area (Å²) in [5.74, 6) is -0.339. The van der Waals surface area contributed by atoms with Crippen LogP contribution < -0.4 is 15.9 Å². The molecule has 27 heavy (non-hydrogen) atoms. The molecule has 0 saturated heterocycles. The molecular formula is C18H19N5O3S. The number of nitrogens with two attached hydrogens (primary N) is 1. The molecule has 0 bridgehead atoms. The second-order valence-electron chi connectivity index (χ2n) is 6.69. The highest BCUT2D eigenvalue weighted by Gasteiger charge is 2.27. The summed E-state index contributed by atoms with van der Waals surface area (Å²) in [5, 5.41) is 11.1. The first-order valence-corrected chi connectivity index (χ1v) is 9.52. The molecule has 2 amide bonds. The van der Waals surface area contributed by atoms with Gasteiger partial charge < -0.3 is 15.9 Å². The van der Waals surface area contributed by atoms with Crippen molar-refractivity contribution in [1.82, 2.24) is 15.2 Å². The number of hydrogen-bond donors (Lipinski definition) is 2. The Morgan fingerprint density at radius 1 is 1.41 bits per heavy atom. The van der Waals surface area contributed by atoms with Crippen LogP contribution in [-0.4, -0.2) is 33.6 Å². The third-order valence-corrected chi connectivity index (χ3v) is 5.82. The van der Waals surface area contributed by atoms with Crippen molar-refractivity contribution in [1.29, 1.82) is 0 Å². The lowest BCUT2D eigenvalue weighted by molar-refractivity contribution is -0.121. The highest BCUT2D eigenvalue weighted by Crippen LogP contribution is 2.39. The number of rotatable bonds is 5. The number of carbonyl (C=O) groups excluding carboxylic acids is 2. The van der Waals surface area contributed by atoms with Crippen molar-refractivity contribution in [3.05, 3.63) is 40.3 Å². The minimum atomic E-state index is -0.513. The van der Waals surface area contributed by atoms with E-state index in [9.17, 15) is 9.59 Å². The standard InChI is InChI=1S/C18H19N5O3S/c1-10-6-7-11-14(8-10)27-18(16(11)17(19)25)20-15(24)9-26-23-13-5-3-2-4-12(13)21-22-23/h2-5,10H,6-9H2,1H3,(H2,19,25)(H,20,24)/t10-/m1/s1. The van der Waals surface area contributed by atoms with E-state index in [1.807, 2.05) is 12.1 Å². The predicted octanol–water partition coefficient (Wildman–Crippen LogP) is 1.78. The highest BCUT2D eigenvalue weighted by molar-refractivity contribution is 7.17. The fraction of sp³-hybridized carbons (Fsp3) is 0.333. The Labute approximate surface area is 159 Å². The summed E-state index contributed by atoms with van der Waals surface area (Å²) < 4.78 is 0. The number of anilines is 1. The Bertz CT molecular complexity index is 1030. The highest BCUT2D eigenvalue weighted by atomic mass is 32.1. The maximum atomic E-state index is 12.4. The average molecular weight is 385 g/mol. The molecule has 3 aromatic rings. The molecule has 1 aromatic carbocycles. The van der Waals surface area contributed by atoms with E-state index in [1.54, 1.807) is 12.1 Å². The molecule has 1 atom stereocenters. The fourth-order valence-corrected chi connectivity index (χ4v) is 4.76. The normalized spacial score (nSPS) is 16.1. The molecule has 0 radical (unpaired) electrons. The van der Waals surface area contributed by atoms with Crippen LogP contribution in [0.4, 0.5) is 5.00 Å². The summed E-state index contributed by atoms with van der Waals surface area (Å²) in [6.45, 7) is 1.92. The van der Waals surface area contributed by atoms with Gasteiger partial charge in [0.25, 0.3) is 11.8 Å². The molecule has 2 heterocycles. The molecule has 0 aliphatic heterocycles. The van der Waals surface area contributed by atoms with Crippen LogP contribution in [0.25, 0.3) is 11.0 Å². The van der Waals surface area contributed by atoms with Crippen molar-refractivity contribution >= 4 is 39.2 Å². The zero-order valence-corrected chi connectivity index (χ0v) is 15.6. The fourth-order valence-electron chi connectivity index (χ4n) is 3.32. The lowest BCUT2D eigenvalue weighted by Crippen LogP contribution is -2.27. The second kappa shape index (κ2) is 6.99. The Morgan fingerprint density at radius 3 is 3.04 bits per heavy atom. The van der Waals surface area contributed by atoms with Gasteiger partial charge in [-0.1, -0.05) is 23.9 Å². The minimum absolute atomic E-state index is 0.259. The molecule has 1 aliphatic rings. The quantitative estimate of drug-likeness (QED) is 0.695. The van der Waals surface area contributed by atoms with Gasteiger partial charge in [-0.05, 0) is 48.1 Å². The zero-order valence-electron chi connectivity index (χ0n) is 14.8. The Balaban J connectivity index is 1.49. The summed E-state index contributed by atoms with van der Waals surface area (Å²) in [5.41, 5.74) is 8.32. The van der Waals surface area contributed by atoms with Gasteiger partial charge in [0.1, 0.15) is 16.0 Å². The maximum Gasteiger partial charge on any atom is 0.265 e. The van der Waals surface area contributed by atoms with Gasteiger partial charge in [0, 0.05) is 4.88 Å². The van der Waals surface area contributed by atoms with Crippen molar-refractivity contribution < 1.29 is 14.4 Å². The van der Waals surface area contributed by atoms with E-state index in [-0.39, 0.29) is 12.5 Å². The Hall–Kier alpha value is -2.94. The number of hydrogen-bond acceptors (Lipinski definition) is 6. The van der Waals surface area contributed by atoms with Crippen LogP contribution in [0.5, 0.6) is 0 Å². The summed E-state index contributed by atoms with van der Waals surface area (Å²) in [7, 11) is 0. The number of thiophene rings is 1. The second-order valence-corrected chi connectivity index (χ2v) is 7.80. The molecule has 4 rings (SSSR count). The van der Waals surface area contributed by atoms with Crippen LogP contribution in [0.3, 0.4) is 0 Å². The number of amides is 2. The van der Waals surface area contributed by atoms with Crippen LogP contribution in [0.1, 0.15) is 34.1 Å². The molecule has 0 unspecified atom stereocenters. The molecule has 0 saturated carbocycles. The first kappa shape index (κ1) is 17.5. The van der Waals surface area contributed by atoms with Gasteiger partial charge in [-0.15, -0.1) is 16.4 Å². The monoisotopic (exact) mass is 385 g/mol. The number of primary amides is 1. The first-order chi connectivity index (χ1) is 13.0. The van der Waals surface area contributed by atoms with Crippen molar-refractivity contribution in [3.8, 4) is 0 Å². The van der Waals surface area contributed by atoms with Crippen molar-refractivity contribution in [2.45, 2.75) is 26.2 Å². The minimum Gasteiger partial charge on any atom is -0.385 e. The van der Waals surface area contributed by atoms with Gasteiger partial charge in [0.2, 0.25) is 0 Å². The molecule has 3 N–H and O–H groups in total. The van der Waals surface area contributed by atoms with E-state index < -0.39 is 5.91 Å². The molecule has 9 heteroatoms. The predicted molar refractivity (Wildman–Crippen MR) is 102 cm³/mol. The van der Waals surface area contributed by atoms with Crippen molar-refractivity contribution in [3.63, 3.8) is 0 Å². The van der Waals surface area contributed by atoms with E-state index in [1.165, 1.54) is 16.2 Å². The zero-order chi connectivity index (χ0) is 19.0. The van der Waals surface area contributed by atoms with E-state index in [0.29, 0.717) is 27.5 Å². The van der Waals surface area contributed by atoms with Crippen LogP contribution in [0.15, 0.2) is 24.3 Å². The van der Waals surface area contributed by atoms with Crippen LogP contribution in [-0.2, 0) is 17.6 Å². The van der Waals surface area contributed by atoms with Gasteiger partial charge in [-0.3, -0.25) is 9.59 Å². The number of aromatic nitrogens is 3. The summed E-state index contributed by atoms with van der Waals surface area (Å²) >= 11 is 1.43. The van der Waals surface area contributed by atoms with E-state index in [4.69, 9.17) is 10.6 Å².